The van der Waals surface area contributed by atoms with Gasteiger partial charge in [0.15, 0.2) is 5.54 Å². The molecule has 1 aliphatic heterocycles. The van der Waals surface area contributed by atoms with Crippen molar-refractivity contribution < 1.29 is 19.1 Å². The average Bonchev–Trinajstić information content (AvgIpc) is 2.97. The maximum atomic E-state index is 12.6. The fraction of sp³-hybridized carbons (Fsp3) is 0.556. The molecule has 27 heavy (non-hydrogen) atoms. The van der Waals surface area contributed by atoms with Crippen LogP contribution in [0.5, 0.6) is 0 Å². The molecule has 1 aliphatic rings. The minimum Gasteiger partial charge on any atom is -0.465 e. The smallest absolute Gasteiger partial charge is 0.324 e. The molecular formula is C18H24N4O4S. The molecule has 0 amide bonds. The second-order valence-corrected chi connectivity index (χ2v) is 8.61. The molecule has 1 aromatic rings. The fourth-order valence-electron chi connectivity index (χ4n) is 2.77. The van der Waals surface area contributed by atoms with E-state index in [9.17, 15) is 9.59 Å². The second-order valence-electron chi connectivity index (χ2n) is 6.85. The van der Waals surface area contributed by atoms with Crippen molar-refractivity contribution in [1.29, 1.82) is 0 Å². The van der Waals surface area contributed by atoms with E-state index in [2.05, 4.69) is 15.3 Å². The molecule has 1 saturated heterocycles. The maximum absolute atomic E-state index is 12.6. The van der Waals surface area contributed by atoms with Gasteiger partial charge in [0.05, 0.1) is 12.0 Å². The van der Waals surface area contributed by atoms with E-state index in [1.807, 2.05) is 44.2 Å². The maximum Gasteiger partial charge on any atom is 0.324 e. The number of benzene rings is 1. The molecule has 0 saturated carbocycles. The number of rotatable bonds is 7. The van der Waals surface area contributed by atoms with Crippen LogP contribution in [0.1, 0.15) is 33.3 Å². The van der Waals surface area contributed by atoms with Crippen molar-refractivity contribution >= 4 is 23.7 Å². The monoisotopic (exact) mass is 392 g/mol. The second kappa shape index (κ2) is 8.65. The van der Waals surface area contributed by atoms with Crippen molar-refractivity contribution in [2.75, 3.05) is 6.61 Å². The molecule has 3 atom stereocenters. The van der Waals surface area contributed by atoms with E-state index in [0.29, 0.717) is 0 Å². The molecular weight excluding hydrogens is 368 g/mol. The van der Waals surface area contributed by atoms with Gasteiger partial charge < -0.3 is 9.47 Å². The van der Waals surface area contributed by atoms with Crippen molar-refractivity contribution in [3.63, 3.8) is 0 Å². The number of azide groups is 1. The highest BCUT2D eigenvalue weighted by Gasteiger charge is 2.54. The topological polar surface area (TPSA) is 113 Å². The summed E-state index contributed by atoms with van der Waals surface area (Å²) >= 11 is 1.35. The predicted octanol–water partition coefficient (Wildman–Crippen LogP) is 3.17. The molecule has 3 unspecified atom stereocenters. The van der Waals surface area contributed by atoms with Crippen LogP contribution in [-0.4, -0.2) is 40.2 Å². The summed E-state index contributed by atoms with van der Waals surface area (Å²) in [4.78, 5) is 27.8. The lowest BCUT2D eigenvalue weighted by Crippen LogP contribution is -2.53. The van der Waals surface area contributed by atoms with Gasteiger partial charge >= 0.3 is 11.9 Å². The molecule has 0 aromatic heterocycles. The molecule has 0 aliphatic carbocycles. The van der Waals surface area contributed by atoms with Gasteiger partial charge in [-0.3, -0.25) is 14.9 Å². The summed E-state index contributed by atoms with van der Waals surface area (Å²) in [6, 6.07) is 8.71. The largest absolute Gasteiger partial charge is 0.465 e. The molecule has 1 aromatic carbocycles. The average molecular weight is 392 g/mol. The molecule has 9 heteroatoms. The van der Waals surface area contributed by atoms with Crippen LogP contribution in [0, 0.1) is 0 Å². The molecule has 1 heterocycles. The summed E-state index contributed by atoms with van der Waals surface area (Å²) < 4.78 is 9.94. The third-order valence-electron chi connectivity index (χ3n) is 4.35. The van der Waals surface area contributed by atoms with Crippen LogP contribution in [0.25, 0.3) is 10.4 Å². The zero-order chi connectivity index (χ0) is 20.1. The Kier molecular flexibility index (Phi) is 6.75. The molecule has 0 spiro atoms. The summed E-state index contributed by atoms with van der Waals surface area (Å²) in [5.41, 5.74) is 8.32. The number of hydrogen-bond acceptors (Lipinski definition) is 7. The number of carbonyl (C=O) groups excluding carboxylic acids is 2. The Morgan fingerprint density at radius 3 is 2.59 bits per heavy atom. The Morgan fingerprint density at radius 2 is 2.00 bits per heavy atom. The van der Waals surface area contributed by atoms with Crippen LogP contribution in [0.2, 0.25) is 0 Å². The van der Waals surface area contributed by atoms with Gasteiger partial charge in [-0.25, -0.2) is 0 Å². The summed E-state index contributed by atoms with van der Waals surface area (Å²) in [6.45, 7) is 7.26. The third kappa shape index (κ3) is 4.74. The first-order chi connectivity index (χ1) is 12.7. The minimum atomic E-state index is -1.48. The SMILES string of the molecule is CCOC(=O)C(C)(N=[N+]=[N-])C1NC(C(=O)OCc2ccccc2)C(C)(C)S1. The zero-order valence-corrected chi connectivity index (χ0v) is 16.7. The Morgan fingerprint density at radius 1 is 1.33 bits per heavy atom. The van der Waals surface area contributed by atoms with Crippen molar-refractivity contribution in [3.05, 3.63) is 46.3 Å². The number of hydrogen-bond donors (Lipinski definition) is 1. The van der Waals surface area contributed by atoms with Gasteiger partial charge in [0.1, 0.15) is 12.6 Å². The zero-order valence-electron chi connectivity index (χ0n) is 15.8. The van der Waals surface area contributed by atoms with Crippen LogP contribution in [0.15, 0.2) is 35.4 Å². The van der Waals surface area contributed by atoms with Gasteiger partial charge in [0.2, 0.25) is 0 Å². The lowest BCUT2D eigenvalue weighted by Gasteiger charge is -2.28. The van der Waals surface area contributed by atoms with Crippen LogP contribution < -0.4 is 5.32 Å². The van der Waals surface area contributed by atoms with E-state index >= 15 is 0 Å². The summed E-state index contributed by atoms with van der Waals surface area (Å²) in [7, 11) is 0. The molecule has 8 nitrogen and oxygen atoms in total. The first-order valence-electron chi connectivity index (χ1n) is 8.62. The van der Waals surface area contributed by atoms with E-state index in [1.54, 1.807) is 6.92 Å². The highest BCUT2D eigenvalue weighted by atomic mass is 32.2. The van der Waals surface area contributed by atoms with Gasteiger partial charge in [-0.2, -0.15) is 0 Å². The normalized spacial score (nSPS) is 23.0. The van der Waals surface area contributed by atoms with Gasteiger partial charge in [0, 0.05) is 9.66 Å². The fourth-order valence-corrected chi connectivity index (χ4v) is 4.25. The molecule has 2 rings (SSSR count). The number of ether oxygens (including phenoxy) is 2. The first-order valence-corrected chi connectivity index (χ1v) is 9.50. The van der Waals surface area contributed by atoms with E-state index in [0.717, 1.165) is 5.56 Å². The highest BCUT2D eigenvalue weighted by Crippen LogP contribution is 2.44. The van der Waals surface area contributed by atoms with E-state index in [1.165, 1.54) is 18.7 Å². The standard InChI is InChI=1S/C18H24N4O4S/c1-5-25-16(24)18(4,21-22-19)15-20-13(17(2,3)27-15)14(23)26-11-12-9-7-6-8-10-12/h6-10,13,15,20H,5,11H2,1-4H3. The lowest BCUT2D eigenvalue weighted by atomic mass is 10.00. The van der Waals surface area contributed by atoms with Gasteiger partial charge in [-0.15, -0.1) is 11.8 Å². The highest BCUT2D eigenvalue weighted by molar-refractivity contribution is 8.01. The minimum absolute atomic E-state index is 0.161. The van der Waals surface area contributed by atoms with E-state index in [4.69, 9.17) is 15.0 Å². The van der Waals surface area contributed by atoms with E-state index < -0.39 is 33.6 Å². The van der Waals surface area contributed by atoms with Crippen molar-refractivity contribution in [2.24, 2.45) is 5.11 Å². The predicted molar refractivity (Wildman–Crippen MR) is 103 cm³/mol. The third-order valence-corrected chi connectivity index (χ3v) is 6.02. The van der Waals surface area contributed by atoms with Crippen LogP contribution in [0.3, 0.4) is 0 Å². The Hall–Kier alpha value is -2.22. The number of carbonyl (C=O) groups is 2. The number of nitrogens with zero attached hydrogens (tertiary/aromatic N) is 3. The molecule has 1 N–H and O–H groups in total. The number of thioether (sulfide) groups is 1. The van der Waals surface area contributed by atoms with Crippen molar-refractivity contribution in [3.8, 4) is 0 Å². The summed E-state index contributed by atoms with van der Waals surface area (Å²) in [5.74, 6) is -1.06. The number of esters is 2. The van der Waals surface area contributed by atoms with Gasteiger partial charge in [-0.1, -0.05) is 35.4 Å². The Balaban J connectivity index is 2.14. The first kappa shape index (κ1) is 21.1. The molecule has 0 radical (unpaired) electrons. The molecule has 146 valence electrons. The summed E-state index contributed by atoms with van der Waals surface area (Å²) in [5, 5.41) is 6.16. The lowest BCUT2D eigenvalue weighted by molar-refractivity contribution is -0.151. The van der Waals surface area contributed by atoms with Crippen LogP contribution in [-0.2, 0) is 25.7 Å². The Bertz CT molecular complexity index is 736. The van der Waals surface area contributed by atoms with Gasteiger partial charge in [0.25, 0.3) is 0 Å². The van der Waals surface area contributed by atoms with E-state index in [-0.39, 0.29) is 13.2 Å². The molecule has 0 bridgehead atoms. The molecule has 1 fully saturated rings. The summed E-state index contributed by atoms with van der Waals surface area (Å²) in [6.07, 6.45) is 0. The Labute approximate surface area is 162 Å². The van der Waals surface area contributed by atoms with Crippen LogP contribution >= 0.6 is 11.8 Å². The van der Waals surface area contributed by atoms with Crippen molar-refractivity contribution in [1.82, 2.24) is 5.32 Å². The quantitative estimate of drug-likeness (QED) is 0.330. The van der Waals surface area contributed by atoms with Gasteiger partial charge in [-0.05, 0) is 38.8 Å². The van der Waals surface area contributed by atoms with Crippen LogP contribution in [0.4, 0.5) is 0 Å². The van der Waals surface area contributed by atoms with Crippen molar-refractivity contribution in [2.45, 2.75) is 56.0 Å². The number of nitrogens with one attached hydrogen (secondary N) is 1.